The summed E-state index contributed by atoms with van der Waals surface area (Å²) in [6, 6.07) is 5.65. The summed E-state index contributed by atoms with van der Waals surface area (Å²) in [4.78, 5) is 10.9. The average Bonchev–Trinajstić information content (AvgIpc) is 2.19. The van der Waals surface area contributed by atoms with E-state index in [4.69, 9.17) is 11.6 Å². The minimum Gasteiger partial charge on any atom is -0.290 e. The number of hydrogen-bond acceptors (Lipinski definition) is 1. The largest absolute Gasteiger partial charge is 0.290 e. The van der Waals surface area contributed by atoms with Gasteiger partial charge >= 0.3 is 0 Å². The van der Waals surface area contributed by atoms with Crippen molar-refractivity contribution in [3.8, 4) is 0 Å². The average molecular weight is 207 g/mol. The normalized spacial score (nSPS) is 10.4. The van der Waals surface area contributed by atoms with Gasteiger partial charge in [0.2, 0.25) is 0 Å². The van der Waals surface area contributed by atoms with Crippen molar-refractivity contribution < 1.29 is 4.79 Å². The minimum atomic E-state index is -0.110. The number of allylic oxidation sites excluding steroid dienone is 2. The predicted octanol–water partition coefficient (Wildman–Crippen LogP) is 3.42. The van der Waals surface area contributed by atoms with Gasteiger partial charge in [-0.05, 0) is 36.3 Å². The minimum absolute atomic E-state index is 0.110. The standard InChI is InChI=1S/C12H11ClO/c1-3-11(14)7-6-10-5-4-9(2)12(13)8-10/h3-8H,1H2,2H3/b7-6+. The van der Waals surface area contributed by atoms with Crippen molar-refractivity contribution in [1.29, 1.82) is 0 Å². The highest BCUT2D eigenvalue weighted by atomic mass is 35.5. The molecule has 0 aromatic heterocycles. The first-order valence-electron chi connectivity index (χ1n) is 4.24. The van der Waals surface area contributed by atoms with E-state index >= 15 is 0 Å². The molecule has 0 amide bonds. The zero-order valence-corrected chi connectivity index (χ0v) is 8.71. The summed E-state index contributed by atoms with van der Waals surface area (Å²) in [6.45, 7) is 5.31. The zero-order chi connectivity index (χ0) is 10.6. The number of hydrogen-bond donors (Lipinski definition) is 0. The van der Waals surface area contributed by atoms with Crippen molar-refractivity contribution in [1.82, 2.24) is 0 Å². The van der Waals surface area contributed by atoms with Crippen LogP contribution in [0.2, 0.25) is 5.02 Å². The highest BCUT2D eigenvalue weighted by Gasteiger charge is 1.95. The fraction of sp³-hybridized carbons (Fsp3) is 0.0833. The molecule has 1 aromatic carbocycles. The topological polar surface area (TPSA) is 17.1 Å². The molecule has 1 nitrogen and oxygen atoms in total. The van der Waals surface area contributed by atoms with Crippen molar-refractivity contribution >= 4 is 23.5 Å². The lowest BCUT2D eigenvalue weighted by Crippen LogP contribution is -1.83. The van der Waals surface area contributed by atoms with Crippen LogP contribution in [-0.2, 0) is 4.79 Å². The van der Waals surface area contributed by atoms with E-state index in [2.05, 4.69) is 6.58 Å². The van der Waals surface area contributed by atoms with E-state index in [1.54, 1.807) is 6.08 Å². The van der Waals surface area contributed by atoms with Gasteiger partial charge in [0.1, 0.15) is 0 Å². The van der Waals surface area contributed by atoms with Gasteiger partial charge < -0.3 is 0 Å². The third kappa shape index (κ3) is 2.86. The molecule has 0 bridgehead atoms. The molecule has 72 valence electrons. The van der Waals surface area contributed by atoms with Gasteiger partial charge in [0.05, 0.1) is 0 Å². The number of benzene rings is 1. The third-order valence-corrected chi connectivity index (χ3v) is 2.24. The van der Waals surface area contributed by atoms with Gasteiger partial charge in [-0.1, -0.05) is 36.4 Å². The van der Waals surface area contributed by atoms with Crippen LogP contribution < -0.4 is 0 Å². The Morgan fingerprint density at radius 2 is 2.21 bits per heavy atom. The molecule has 0 radical (unpaired) electrons. The van der Waals surface area contributed by atoms with Crippen molar-refractivity contribution in [2.75, 3.05) is 0 Å². The molecule has 1 rings (SSSR count). The summed E-state index contributed by atoms with van der Waals surface area (Å²) in [5, 5.41) is 0.707. The van der Waals surface area contributed by atoms with E-state index in [1.165, 1.54) is 12.2 Å². The summed E-state index contributed by atoms with van der Waals surface area (Å²) in [5.41, 5.74) is 1.94. The number of carbonyl (C=O) groups excluding carboxylic acids is 1. The van der Waals surface area contributed by atoms with Crippen LogP contribution in [-0.4, -0.2) is 5.78 Å². The predicted molar refractivity (Wildman–Crippen MR) is 60.4 cm³/mol. The second-order valence-electron chi connectivity index (χ2n) is 2.95. The number of ketones is 1. The first kappa shape index (κ1) is 10.7. The lowest BCUT2D eigenvalue weighted by Gasteiger charge is -1.98. The van der Waals surface area contributed by atoms with E-state index in [0.717, 1.165) is 11.1 Å². The van der Waals surface area contributed by atoms with Gasteiger partial charge in [0.15, 0.2) is 5.78 Å². The van der Waals surface area contributed by atoms with E-state index in [1.807, 2.05) is 25.1 Å². The maximum atomic E-state index is 10.9. The molecule has 0 N–H and O–H groups in total. The molecule has 0 heterocycles. The number of aryl methyl sites for hydroxylation is 1. The molecule has 0 aliphatic heterocycles. The molecular formula is C12H11ClO. The number of halogens is 1. The van der Waals surface area contributed by atoms with Crippen LogP contribution >= 0.6 is 11.6 Å². The van der Waals surface area contributed by atoms with Gasteiger partial charge in [0.25, 0.3) is 0 Å². The molecule has 2 heteroatoms. The second-order valence-corrected chi connectivity index (χ2v) is 3.36. The van der Waals surface area contributed by atoms with Gasteiger partial charge in [-0.15, -0.1) is 0 Å². The molecule has 0 aliphatic carbocycles. The maximum Gasteiger partial charge on any atom is 0.178 e. The molecule has 0 fully saturated rings. The smallest absolute Gasteiger partial charge is 0.178 e. The first-order chi connectivity index (χ1) is 6.63. The molecule has 0 atom stereocenters. The molecule has 0 spiro atoms. The first-order valence-corrected chi connectivity index (χ1v) is 4.62. The van der Waals surface area contributed by atoms with Crippen LogP contribution in [0.4, 0.5) is 0 Å². The summed E-state index contributed by atoms with van der Waals surface area (Å²) < 4.78 is 0. The molecule has 0 saturated heterocycles. The summed E-state index contributed by atoms with van der Waals surface area (Å²) in [5.74, 6) is -0.110. The summed E-state index contributed by atoms with van der Waals surface area (Å²) in [6.07, 6.45) is 4.45. The van der Waals surface area contributed by atoms with Crippen molar-refractivity contribution in [2.45, 2.75) is 6.92 Å². The van der Waals surface area contributed by atoms with E-state index < -0.39 is 0 Å². The molecule has 14 heavy (non-hydrogen) atoms. The lowest BCUT2D eigenvalue weighted by atomic mass is 10.1. The highest BCUT2D eigenvalue weighted by Crippen LogP contribution is 2.17. The quantitative estimate of drug-likeness (QED) is 0.693. The van der Waals surface area contributed by atoms with Gasteiger partial charge in [0, 0.05) is 5.02 Å². The Bertz CT molecular complexity index is 391. The summed E-state index contributed by atoms with van der Waals surface area (Å²) >= 11 is 5.92. The highest BCUT2D eigenvalue weighted by molar-refractivity contribution is 6.31. The fourth-order valence-electron chi connectivity index (χ4n) is 0.959. The van der Waals surface area contributed by atoms with E-state index in [-0.39, 0.29) is 5.78 Å². The molecule has 0 unspecified atom stereocenters. The summed E-state index contributed by atoms with van der Waals surface area (Å²) in [7, 11) is 0. The Balaban J connectivity index is 2.88. The van der Waals surface area contributed by atoms with E-state index in [9.17, 15) is 4.79 Å². The van der Waals surface area contributed by atoms with Crippen LogP contribution in [0, 0.1) is 6.92 Å². The van der Waals surface area contributed by atoms with E-state index in [0.29, 0.717) is 5.02 Å². The Morgan fingerprint density at radius 1 is 1.50 bits per heavy atom. The molecule has 0 aliphatic rings. The van der Waals surface area contributed by atoms with Crippen molar-refractivity contribution in [2.24, 2.45) is 0 Å². The Labute approximate surface area is 88.7 Å². The van der Waals surface area contributed by atoms with Gasteiger partial charge in [-0.2, -0.15) is 0 Å². The van der Waals surface area contributed by atoms with Crippen LogP contribution in [0.15, 0.2) is 36.9 Å². The molecular weight excluding hydrogens is 196 g/mol. The van der Waals surface area contributed by atoms with Crippen molar-refractivity contribution in [3.05, 3.63) is 53.1 Å². The van der Waals surface area contributed by atoms with Crippen molar-refractivity contribution in [3.63, 3.8) is 0 Å². The van der Waals surface area contributed by atoms with Gasteiger partial charge in [-0.3, -0.25) is 4.79 Å². The Morgan fingerprint density at radius 3 is 2.79 bits per heavy atom. The second kappa shape index (κ2) is 4.77. The number of rotatable bonds is 3. The zero-order valence-electron chi connectivity index (χ0n) is 7.96. The SMILES string of the molecule is C=CC(=O)/C=C/c1ccc(C)c(Cl)c1. The Hall–Kier alpha value is -1.34. The fourth-order valence-corrected chi connectivity index (χ4v) is 1.15. The lowest BCUT2D eigenvalue weighted by molar-refractivity contribution is -0.110. The maximum absolute atomic E-state index is 10.9. The van der Waals surface area contributed by atoms with Crippen LogP contribution in [0.25, 0.3) is 6.08 Å². The number of carbonyl (C=O) groups is 1. The Kier molecular flexibility index (Phi) is 3.66. The van der Waals surface area contributed by atoms with Crippen LogP contribution in [0.5, 0.6) is 0 Å². The van der Waals surface area contributed by atoms with Gasteiger partial charge in [-0.25, -0.2) is 0 Å². The molecule has 1 aromatic rings. The van der Waals surface area contributed by atoms with Crippen LogP contribution in [0.3, 0.4) is 0 Å². The third-order valence-electron chi connectivity index (χ3n) is 1.84. The van der Waals surface area contributed by atoms with Crippen LogP contribution in [0.1, 0.15) is 11.1 Å². The monoisotopic (exact) mass is 206 g/mol. The molecule has 0 saturated carbocycles.